The molecular formula is C12H10ClF2NO. The summed E-state index contributed by atoms with van der Waals surface area (Å²) in [6.45, 7) is 0.680. The van der Waals surface area contributed by atoms with Gasteiger partial charge in [0.1, 0.15) is 10.8 Å². The number of hydrogen-bond acceptors (Lipinski definition) is 2. The summed E-state index contributed by atoms with van der Waals surface area (Å²) in [5.74, 6) is -0.00878. The number of alkyl halides is 2. The molecule has 1 aromatic carbocycles. The molecule has 2 rings (SSSR count). The third kappa shape index (κ3) is 2.31. The second kappa shape index (κ2) is 4.45. The van der Waals surface area contributed by atoms with Gasteiger partial charge in [-0.3, -0.25) is 4.98 Å². The predicted octanol–water partition coefficient (Wildman–Crippen LogP) is 4.11. The van der Waals surface area contributed by atoms with Gasteiger partial charge in [-0.15, -0.1) is 0 Å². The molecule has 0 unspecified atom stereocenters. The summed E-state index contributed by atoms with van der Waals surface area (Å²) in [6.07, 6.45) is 1.63. The van der Waals surface area contributed by atoms with Crippen molar-refractivity contribution in [3.8, 4) is 5.75 Å². The number of benzene rings is 1. The molecule has 0 radical (unpaired) electrons. The summed E-state index contributed by atoms with van der Waals surface area (Å²) in [7, 11) is 0. The molecule has 0 fully saturated rings. The van der Waals surface area contributed by atoms with Crippen LogP contribution >= 0.6 is 11.6 Å². The minimum absolute atomic E-state index is 0.00878. The fourth-order valence-electron chi connectivity index (χ4n) is 1.70. The standard InChI is InChI=1S/C12H10ClF2NO/c1-6-3-8-4-7(2)11(17-12(14)15)9(13)10(8)16-5-6/h3-5,12H,1-2H3. The van der Waals surface area contributed by atoms with E-state index >= 15 is 0 Å². The number of aromatic nitrogens is 1. The number of halogens is 3. The normalized spacial score (nSPS) is 11.2. The Morgan fingerprint density at radius 1 is 1.29 bits per heavy atom. The first-order chi connectivity index (χ1) is 7.99. The Bertz CT molecular complexity index is 572. The monoisotopic (exact) mass is 257 g/mol. The molecule has 17 heavy (non-hydrogen) atoms. The lowest BCUT2D eigenvalue weighted by molar-refractivity contribution is -0.0501. The largest absolute Gasteiger partial charge is 0.433 e. The van der Waals surface area contributed by atoms with Gasteiger partial charge in [-0.05, 0) is 37.1 Å². The van der Waals surface area contributed by atoms with Crippen molar-refractivity contribution in [2.75, 3.05) is 0 Å². The zero-order valence-electron chi connectivity index (χ0n) is 9.30. The molecule has 0 amide bonds. The van der Waals surface area contributed by atoms with Crippen molar-refractivity contribution in [2.45, 2.75) is 20.5 Å². The van der Waals surface area contributed by atoms with Crippen LogP contribution in [-0.4, -0.2) is 11.6 Å². The van der Waals surface area contributed by atoms with Crippen molar-refractivity contribution in [1.29, 1.82) is 0 Å². The topological polar surface area (TPSA) is 22.1 Å². The van der Waals surface area contributed by atoms with Gasteiger partial charge in [0.25, 0.3) is 0 Å². The van der Waals surface area contributed by atoms with Crippen LogP contribution in [0.2, 0.25) is 5.02 Å². The number of ether oxygens (including phenoxy) is 1. The van der Waals surface area contributed by atoms with Crippen molar-refractivity contribution in [3.63, 3.8) is 0 Å². The first-order valence-corrected chi connectivity index (χ1v) is 5.37. The Morgan fingerprint density at radius 3 is 2.65 bits per heavy atom. The van der Waals surface area contributed by atoms with Crippen molar-refractivity contribution >= 4 is 22.5 Å². The van der Waals surface area contributed by atoms with E-state index in [-0.39, 0.29) is 10.8 Å². The number of fused-ring (bicyclic) bond motifs is 1. The van der Waals surface area contributed by atoms with E-state index in [1.54, 1.807) is 19.2 Å². The molecule has 0 saturated heterocycles. The van der Waals surface area contributed by atoms with Gasteiger partial charge in [-0.2, -0.15) is 8.78 Å². The van der Waals surface area contributed by atoms with Crippen LogP contribution in [0.1, 0.15) is 11.1 Å². The van der Waals surface area contributed by atoms with Gasteiger partial charge < -0.3 is 4.74 Å². The molecule has 0 saturated carbocycles. The SMILES string of the molecule is Cc1cnc2c(Cl)c(OC(F)F)c(C)cc2c1. The average Bonchev–Trinajstić information content (AvgIpc) is 2.23. The summed E-state index contributed by atoms with van der Waals surface area (Å²) in [5.41, 5.74) is 2.02. The Morgan fingerprint density at radius 2 is 2.00 bits per heavy atom. The Labute approximate surface area is 102 Å². The highest BCUT2D eigenvalue weighted by Gasteiger charge is 2.15. The highest BCUT2D eigenvalue weighted by molar-refractivity contribution is 6.36. The number of pyridine rings is 1. The third-order valence-corrected chi connectivity index (χ3v) is 2.75. The van der Waals surface area contributed by atoms with Crippen LogP contribution in [-0.2, 0) is 0 Å². The second-order valence-electron chi connectivity index (χ2n) is 3.80. The van der Waals surface area contributed by atoms with E-state index in [2.05, 4.69) is 9.72 Å². The zero-order valence-corrected chi connectivity index (χ0v) is 10.1. The minimum Gasteiger partial charge on any atom is -0.433 e. The summed E-state index contributed by atoms with van der Waals surface area (Å²) < 4.78 is 28.9. The van der Waals surface area contributed by atoms with Gasteiger partial charge in [-0.25, -0.2) is 0 Å². The number of nitrogens with zero attached hydrogens (tertiary/aromatic N) is 1. The molecule has 0 aliphatic heterocycles. The second-order valence-corrected chi connectivity index (χ2v) is 4.18. The summed E-state index contributed by atoms with van der Waals surface area (Å²) in [4.78, 5) is 4.13. The predicted molar refractivity (Wildman–Crippen MR) is 62.9 cm³/mol. The van der Waals surface area contributed by atoms with Crippen molar-refractivity contribution in [3.05, 3.63) is 34.5 Å². The molecule has 0 aliphatic carbocycles. The maximum Gasteiger partial charge on any atom is 0.387 e. The molecule has 2 nitrogen and oxygen atoms in total. The first-order valence-electron chi connectivity index (χ1n) is 4.99. The lowest BCUT2D eigenvalue weighted by Gasteiger charge is -2.12. The molecule has 2 aromatic rings. The molecule has 0 N–H and O–H groups in total. The summed E-state index contributed by atoms with van der Waals surface area (Å²) in [5, 5.41) is 0.939. The van der Waals surface area contributed by atoms with Gasteiger partial charge in [0.2, 0.25) is 0 Å². The van der Waals surface area contributed by atoms with E-state index in [0.717, 1.165) is 10.9 Å². The molecule has 0 aliphatic rings. The fourth-order valence-corrected chi connectivity index (χ4v) is 2.05. The van der Waals surface area contributed by atoms with Crippen LogP contribution in [0.25, 0.3) is 10.9 Å². The molecule has 0 bridgehead atoms. The quantitative estimate of drug-likeness (QED) is 0.808. The van der Waals surface area contributed by atoms with Crippen LogP contribution in [0.15, 0.2) is 18.3 Å². The lowest BCUT2D eigenvalue weighted by atomic mass is 10.1. The zero-order chi connectivity index (χ0) is 12.6. The van der Waals surface area contributed by atoms with E-state index in [0.29, 0.717) is 11.1 Å². The highest BCUT2D eigenvalue weighted by Crippen LogP contribution is 2.36. The van der Waals surface area contributed by atoms with E-state index in [4.69, 9.17) is 11.6 Å². The Hall–Kier alpha value is -1.42. The van der Waals surface area contributed by atoms with E-state index in [1.165, 1.54) is 0 Å². The van der Waals surface area contributed by atoms with Crippen molar-refractivity contribution in [1.82, 2.24) is 4.98 Å². The van der Waals surface area contributed by atoms with Gasteiger partial charge >= 0.3 is 6.61 Å². The summed E-state index contributed by atoms with van der Waals surface area (Å²) in [6, 6.07) is 3.63. The number of aryl methyl sites for hydroxylation is 2. The third-order valence-electron chi connectivity index (χ3n) is 2.40. The maximum absolute atomic E-state index is 12.2. The van der Waals surface area contributed by atoms with Crippen LogP contribution in [0, 0.1) is 13.8 Å². The summed E-state index contributed by atoms with van der Waals surface area (Å²) >= 11 is 6.02. The highest BCUT2D eigenvalue weighted by atomic mass is 35.5. The average molecular weight is 258 g/mol. The maximum atomic E-state index is 12.2. The minimum atomic E-state index is -2.89. The number of hydrogen-bond donors (Lipinski definition) is 0. The van der Waals surface area contributed by atoms with Gasteiger partial charge in [-0.1, -0.05) is 11.6 Å². The molecular weight excluding hydrogens is 248 g/mol. The van der Waals surface area contributed by atoms with Crippen molar-refractivity contribution in [2.24, 2.45) is 0 Å². The van der Waals surface area contributed by atoms with Crippen LogP contribution in [0.4, 0.5) is 8.78 Å². The van der Waals surface area contributed by atoms with E-state index < -0.39 is 6.61 Å². The fraction of sp³-hybridized carbons (Fsp3) is 0.250. The van der Waals surface area contributed by atoms with Crippen LogP contribution < -0.4 is 4.74 Å². The lowest BCUT2D eigenvalue weighted by Crippen LogP contribution is -2.04. The van der Waals surface area contributed by atoms with Gasteiger partial charge in [0.15, 0.2) is 0 Å². The van der Waals surface area contributed by atoms with Gasteiger partial charge in [0, 0.05) is 11.6 Å². The molecule has 1 aromatic heterocycles. The Kier molecular flexibility index (Phi) is 3.15. The van der Waals surface area contributed by atoms with Gasteiger partial charge in [0.05, 0.1) is 5.52 Å². The van der Waals surface area contributed by atoms with Crippen molar-refractivity contribution < 1.29 is 13.5 Å². The molecule has 0 spiro atoms. The number of rotatable bonds is 2. The van der Waals surface area contributed by atoms with E-state index in [1.807, 2.05) is 13.0 Å². The van der Waals surface area contributed by atoms with Crippen LogP contribution in [0.3, 0.4) is 0 Å². The van der Waals surface area contributed by atoms with E-state index in [9.17, 15) is 8.78 Å². The van der Waals surface area contributed by atoms with Crippen LogP contribution in [0.5, 0.6) is 5.75 Å². The molecule has 0 atom stereocenters. The molecule has 1 heterocycles. The first kappa shape index (κ1) is 12.0. The molecule has 90 valence electrons. The Balaban J connectivity index is 2.67. The molecule has 5 heteroatoms. The smallest absolute Gasteiger partial charge is 0.387 e.